The van der Waals surface area contributed by atoms with Crippen molar-refractivity contribution >= 4 is 0 Å². The standard InChI is InChI=1S/C16H23NO2/c1-11-6-7-15-12(8-11)9-13(19-15)10-18-16-5-3-2-4-14(16)17/h6-8,13-14,16H,2-5,9-10,17H2,1H3. The average Bonchev–Trinajstić information content (AvgIpc) is 2.79. The van der Waals surface area contributed by atoms with Crippen molar-refractivity contribution in [1.82, 2.24) is 0 Å². The van der Waals surface area contributed by atoms with Crippen molar-refractivity contribution in [3.05, 3.63) is 29.3 Å². The second kappa shape index (κ2) is 5.51. The first-order valence-electron chi connectivity index (χ1n) is 7.36. The molecule has 19 heavy (non-hydrogen) atoms. The summed E-state index contributed by atoms with van der Waals surface area (Å²) in [7, 11) is 0. The summed E-state index contributed by atoms with van der Waals surface area (Å²) in [6.45, 7) is 2.78. The van der Waals surface area contributed by atoms with E-state index in [1.807, 2.05) is 0 Å². The molecule has 1 fully saturated rings. The van der Waals surface area contributed by atoms with E-state index < -0.39 is 0 Å². The van der Waals surface area contributed by atoms with Crippen LogP contribution in [0.2, 0.25) is 0 Å². The molecule has 1 aromatic rings. The second-order valence-electron chi connectivity index (χ2n) is 5.88. The Labute approximate surface area is 115 Å². The minimum Gasteiger partial charge on any atom is -0.487 e. The lowest BCUT2D eigenvalue weighted by Gasteiger charge is -2.29. The van der Waals surface area contributed by atoms with Crippen LogP contribution in [0, 0.1) is 6.92 Å². The first-order chi connectivity index (χ1) is 9.22. The summed E-state index contributed by atoms with van der Waals surface area (Å²) in [6.07, 6.45) is 6.01. The molecular weight excluding hydrogens is 238 g/mol. The van der Waals surface area contributed by atoms with E-state index in [4.69, 9.17) is 15.2 Å². The van der Waals surface area contributed by atoms with Crippen molar-refractivity contribution < 1.29 is 9.47 Å². The first-order valence-corrected chi connectivity index (χ1v) is 7.36. The zero-order valence-corrected chi connectivity index (χ0v) is 11.6. The number of nitrogens with two attached hydrogens (primary N) is 1. The zero-order valence-electron chi connectivity index (χ0n) is 11.6. The molecule has 0 amide bonds. The van der Waals surface area contributed by atoms with Crippen LogP contribution in [-0.2, 0) is 11.2 Å². The van der Waals surface area contributed by atoms with Gasteiger partial charge in [0.1, 0.15) is 11.9 Å². The van der Waals surface area contributed by atoms with E-state index in [0.717, 1.165) is 25.0 Å². The summed E-state index contributed by atoms with van der Waals surface area (Å²) in [5.74, 6) is 1.02. The van der Waals surface area contributed by atoms with E-state index in [2.05, 4.69) is 25.1 Å². The third-order valence-corrected chi connectivity index (χ3v) is 4.21. The Morgan fingerprint density at radius 2 is 2.16 bits per heavy atom. The molecule has 1 aromatic carbocycles. The first kappa shape index (κ1) is 12.9. The monoisotopic (exact) mass is 261 g/mol. The fourth-order valence-electron chi connectivity index (χ4n) is 3.11. The van der Waals surface area contributed by atoms with Gasteiger partial charge in [-0.3, -0.25) is 0 Å². The van der Waals surface area contributed by atoms with Crippen LogP contribution in [0.4, 0.5) is 0 Å². The molecule has 0 saturated heterocycles. The molecule has 3 nitrogen and oxygen atoms in total. The molecule has 3 atom stereocenters. The summed E-state index contributed by atoms with van der Waals surface area (Å²) in [6, 6.07) is 6.58. The van der Waals surface area contributed by atoms with Gasteiger partial charge < -0.3 is 15.2 Å². The van der Waals surface area contributed by atoms with Crippen molar-refractivity contribution in [1.29, 1.82) is 0 Å². The molecule has 104 valence electrons. The molecule has 0 aromatic heterocycles. The predicted octanol–water partition coefficient (Wildman–Crippen LogP) is 2.59. The van der Waals surface area contributed by atoms with Gasteiger partial charge in [-0.05, 0) is 31.4 Å². The summed E-state index contributed by atoms with van der Waals surface area (Å²) >= 11 is 0. The van der Waals surface area contributed by atoms with Gasteiger partial charge in [-0.1, -0.05) is 30.5 Å². The van der Waals surface area contributed by atoms with Crippen LogP contribution in [0.5, 0.6) is 5.75 Å². The lowest BCUT2D eigenvalue weighted by atomic mass is 9.93. The van der Waals surface area contributed by atoms with Gasteiger partial charge in [0, 0.05) is 12.5 Å². The fraction of sp³-hybridized carbons (Fsp3) is 0.625. The molecule has 1 heterocycles. The van der Waals surface area contributed by atoms with Gasteiger partial charge in [0.2, 0.25) is 0 Å². The molecule has 1 aliphatic carbocycles. The van der Waals surface area contributed by atoms with E-state index in [9.17, 15) is 0 Å². The van der Waals surface area contributed by atoms with E-state index in [1.54, 1.807) is 0 Å². The van der Waals surface area contributed by atoms with Crippen LogP contribution < -0.4 is 10.5 Å². The highest BCUT2D eigenvalue weighted by atomic mass is 16.5. The van der Waals surface area contributed by atoms with E-state index >= 15 is 0 Å². The van der Waals surface area contributed by atoms with Crippen LogP contribution in [-0.4, -0.2) is 24.9 Å². The van der Waals surface area contributed by atoms with Crippen LogP contribution in [0.1, 0.15) is 36.8 Å². The molecule has 0 spiro atoms. The SMILES string of the molecule is Cc1ccc2c(c1)CC(COC1CCCCC1N)O2. The van der Waals surface area contributed by atoms with Crippen molar-refractivity contribution in [2.75, 3.05) is 6.61 Å². The molecule has 2 aliphatic rings. The lowest BCUT2D eigenvalue weighted by Crippen LogP contribution is -2.41. The Morgan fingerprint density at radius 3 is 3.00 bits per heavy atom. The summed E-state index contributed by atoms with van der Waals surface area (Å²) in [5.41, 5.74) is 8.70. The van der Waals surface area contributed by atoms with E-state index in [0.29, 0.717) is 6.61 Å². The molecule has 3 heteroatoms. The molecule has 0 radical (unpaired) electrons. The molecule has 3 unspecified atom stereocenters. The van der Waals surface area contributed by atoms with E-state index in [1.165, 1.54) is 24.0 Å². The molecular formula is C16H23NO2. The second-order valence-corrected chi connectivity index (χ2v) is 5.88. The van der Waals surface area contributed by atoms with Crippen LogP contribution >= 0.6 is 0 Å². The predicted molar refractivity (Wildman–Crippen MR) is 75.5 cm³/mol. The number of rotatable bonds is 3. The quantitative estimate of drug-likeness (QED) is 0.909. The summed E-state index contributed by atoms with van der Waals surface area (Å²) in [4.78, 5) is 0. The highest BCUT2D eigenvalue weighted by molar-refractivity contribution is 5.40. The molecule has 1 saturated carbocycles. The molecule has 2 N–H and O–H groups in total. The van der Waals surface area contributed by atoms with Crippen molar-refractivity contribution in [3.63, 3.8) is 0 Å². The maximum atomic E-state index is 6.10. The highest BCUT2D eigenvalue weighted by Crippen LogP contribution is 2.30. The molecule has 0 bridgehead atoms. The minimum absolute atomic E-state index is 0.158. The number of hydrogen-bond acceptors (Lipinski definition) is 3. The number of fused-ring (bicyclic) bond motifs is 1. The van der Waals surface area contributed by atoms with Crippen LogP contribution in [0.3, 0.4) is 0 Å². The average molecular weight is 261 g/mol. The van der Waals surface area contributed by atoms with Gasteiger partial charge in [0.25, 0.3) is 0 Å². The number of aryl methyl sites for hydroxylation is 1. The van der Waals surface area contributed by atoms with Crippen LogP contribution in [0.25, 0.3) is 0 Å². The van der Waals surface area contributed by atoms with Gasteiger partial charge >= 0.3 is 0 Å². The zero-order chi connectivity index (χ0) is 13.2. The number of benzene rings is 1. The Kier molecular flexibility index (Phi) is 3.76. The third kappa shape index (κ3) is 2.93. The topological polar surface area (TPSA) is 44.5 Å². The largest absolute Gasteiger partial charge is 0.487 e. The van der Waals surface area contributed by atoms with Crippen molar-refractivity contribution in [3.8, 4) is 5.75 Å². The Bertz CT molecular complexity index is 446. The van der Waals surface area contributed by atoms with Crippen molar-refractivity contribution in [2.24, 2.45) is 5.73 Å². The van der Waals surface area contributed by atoms with Gasteiger partial charge in [-0.25, -0.2) is 0 Å². The maximum absolute atomic E-state index is 6.10. The Hall–Kier alpha value is -1.06. The Morgan fingerprint density at radius 1 is 1.32 bits per heavy atom. The molecule has 1 aliphatic heterocycles. The molecule has 3 rings (SSSR count). The van der Waals surface area contributed by atoms with Gasteiger partial charge in [0.15, 0.2) is 0 Å². The van der Waals surface area contributed by atoms with Gasteiger partial charge in [0.05, 0.1) is 12.7 Å². The van der Waals surface area contributed by atoms with E-state index in [-0.39, 0.29) is 18.2 Å². The number of hydrogen-bond donors (Lipinski definition) is 1. The van der Waals surface area contributed by atoms with Crippen molar-refractivity contribution in [2.45, 2.75) is 57.3 Å². The van der Waals surface area contributed by atoms with Crippen LogP contribution in [0.15, 0.2) is 18.2 Å². The smallest absolute Gasteiger partial charge is 0.126 e. The summed E-state index contributed by atoms with van der Waals surface area (Å²) < 4.78 is 11.9. The van der Waals surface area contributed by atoms with Gasteiger partial charge in [-0.2, -0.15) is 0 Å². The third-order valence-electron chi connectivity index (χ3n) is 4.21. The minimum atomic E-state index is 0.158. The highest BCUT2D eigenvalue weighted by Gasteiger charge is 2.27. The maximum Gasteiger partial charge on any atom is 0.126 e. The normalized spacial score (nSPS) is 29.9. The fourth-order valence-corrected chi connectivity index (χ4v) is 3.11. The summed E-state index contributed by atoms with van der Waals surface area (Å²) in [5, 5.41) is 0. The lowest BCUT2D eigenvalue weighted by molar-refractivity contribution is -0.0197. The Balaban J connectivity index is 1.53. The number of ether oxygens (including phenoxy) is 2. The van der Waals surface area contributed by atoms with Gasteiger partial charge in [-0.15, -0.1) is 0 Å².